The van der Waals surface area contributed by atoms with Crippen LogP contribution in [0.3, 0.4) is 0 Å². The highest BCUT2D eigenvalue weighted by Gasteiger charge is 2.30. The molecule has 0 fully saturated rings. The van der Waals surface area contributed by atoms with Crippen molar-refractivity contribution in [1.82, 2.24) is 8.87 Å². The van der Waals surface area contributed by atoms with Crippen LogP contribution in [0.1, 0.15) is 19.4 Å². The van der Waals surface area contributed by atoms with E-state index in [1.807, 2.05) is 0 Å². The number of benzene rings is 1. The van der Waals surface area contributed by atoms with Gasteiger partial charge in [0.25, 0.3) is 5.56 Å². The molecular weight excluding hydrogens is 411 g/mol. The van der Waals surface area contributed by atoms with Crippen LogP contribution in [0.2, 0.25) is 0 Å². The van der Waals surface area contributed by atoms with Crippen LogP contribution in [-0.4, -0.2) is 36.3 Å². The first-order chi connectivity index (χ1) is 13.5. The molecule has 158 valence electrons. The molecule has 0 spiro atoms. The van der Waals surface area contributed by atoms with Crippen molar-refractivity contribution < 1.29 is 26.4 Å². The van der Waals surface area contributed by atoms with Crippen molar-refractivity contribution in [3.8, 4) is 0 Å². The zero-order valence-corrected chi connectivity index (χ0v) is 16.5. The first-order valence-corrected chi connectivity index (χ1v) is 10.1. The monoisotopic (exact) mass is 431 g/mol. The van der Waals surface area contributed by atoms with Gasteiger partial charge in [-0.25, -0.2) is 8.42 Å². The lowest BCUT2D eigenvalue weighted by Crippen LogP contribution is -2.33. The number of hydrogen-bond acceptors (Lipinski definition) is 4. The van der Waals surface area contributed by atoms with E-state index in [-0.39, 0.29) is 23.7 Å². The quantitative estimate of drug-likeness (QED) is 0.730. The number of carbonyl (C=O) groups excluding carboxylic acids is 1. The first-order valence-electron chi connectivity index (χ1n) is 8.66. The molecule has 0 aliphatic heterocycles. The van der Waals surface area contributed by atoms with Gasteiger partial charge < -0.3 is 9.88 Å². The summed E-state index contributed by atoms with van der Waals surface area (Å²) in [4.78, 5) is 24.0. The molecule has 2 rings (SSSR count). The largest absolute Gasteiger partial charge is 0.416 e. The number of pyridine rings is 1. The second-order valence-electron chi connectivity index (χ2n) is 6.04. The summed E-state index contributed by atoms with van der Waals surface area (Å²) in [7, 11) is -3.82. The molecule has 1 amide bonds. The predicted molar refractivity (Wildman–Crippen MR) is 101 cm³/mol. The van der Waals surface area contributed by atoms with Crippen LogP contribution in [-0.2, 0) is 27.5 Å². The molecule has 0 aliphatic rings. The van der Waals surface area contributed by atoms with E-state index in [0.29, 0.717) is 0 Å². The normalized spacial score (nSPS) is 12.2. The Bertz CT molecular complexity index is 1030. The summed E-state index contributed by atoms with van der Waals surface area (Å²) < 4.78 is 65.0. The number of anilines is 1. The fraction of sp³-hybridized carbons (Fsp3) is 0.333. The minimum Gasteiger partial charge on any atom is -0.325 e. The smallest absolute Gasteiger partial charge is 0.325 e. The molecule has 11 heteroatoms. The van der Waals surface area contributed by atoms with Gasteiger partial charge in [-0.1, -0.05) is 13.8 Å². The standard InChI is InChI=1S/C18H20F3N3O4S/c1-3-24(4-2)29(27,28)15-9-10-17(26)23(11-15)12-16(25)22-14-7-5-13(6-8-14)18(19,20)21/h5-11H,3-4,12H2,1-2H3,(H,22,25). The molecule has 2 aromatic rings. The molecule has 1 heterocycles. The second-order valence-corrected chi connectivity index (χ2v) is 7.98. The maximum absolute atomic E-state index is 12.6. The van der Waals surface area contributed by atoms with E-state index in [1.54, 1.807) is 13.8 Å². The molecule has 1 aromatic carbocycles. The van der Waals surface area contributed by atoms with E-state index in [4.69, 9.17) is 0 Å². The Hall–Kier alpha value is -2.66. The summed E-state index contributed by atoms with van der Waals surface area (Å²) in [5, 5.41) is 2.37. The fourth-order valence-electron chi connectivity index (χ4n) is 2.60. The molecule has 29 heavy (non-hydrogen) atoms. The summed E-state index contributed by atoms with van der Waals surface area (Å²) in [5.41, 5.74) is -1.34. The van der Waals surface area contributed by atoms with Crippen molar-refractivity contribution in [2.75, 3.05) is 18.4 Å². The maximum Gasteiger partial charge on any atom is 0.416 e. The Kier molecular flexibility index (Phi) is 6.85. The van der Waals surface area contributed by atoms with E-state index < -0.39 is 39.8 Å². The zero-order valence-electron chi connectivity index (χ0n) is 15.7. The summed E-state index contributed by atoms with van der Waals surface area (Å²) >= 11 is 0. The van der Waals surface area contributed by atoms with Crippen LogP contribution in [0.5, 0.6) is 0 Å². The van der Waals surface area contributed by atoms with Gasteiger partial charge in [0, 0.05) is 31.0 Å². The molecule has 0 saturated heterocycles. The SMILES string of the molecule is CCN(CC)S(=O)(=O)c1ccc(=O)n(CC(=O)Nc2ccc(C(F)(F)F)cc2)c1. The van der Waals surface area contributed by atoms with Crippen LogP contribution < -0.4 is 10.9 Å². The molecule has 0 radical (unpaired) electrons. The van der Waals surface area contributed by atoms with Crippen LogP contribution in [0.25, 0.3) is 0 Å². The molecule has 0 atom stereocenters. The number of aromatic nitrogens is 1. The lowest BCUT2D eigenvalue weighted by Gasteiger charge is -2.19. The lowest BCUT2D eigenvalue weighted by atomic mass is 10.2. The number of nitrogens with zero attached hydrogens (tertiary/aromatic N) is 2. The Morgan fingerprint density at radius 3 is 2.17 bits per heavy atom. The molecule has 0 saturated carbocycles. The Labute approximate surface area is 165 Å². The minimum atomic E-state index is -4.49. The fourth-order valence-corrected chi connectivity index (χ4v) is 4.07. The number of amides is 1. The number of rotatable bonds is 7. The number of alkyl halides is 3. The molecule has 1 aromatic heterocycles. The topological polar surface area (TPSA) is 88.5 Å². The van der Waals surface area contributed by atoms with Crippen LogP contribution in [0, 0.1) is 0 Å². The zero-order chi connectivity index (χ0) is 21.8. The highest BCUT2D eigenvalue weighted by Crippen LogP contribution is 2.29. The van der Waals surface area contributed by atoms with Crippen molar-refractivity contribution in [1.29, 1.82) is 0 Å². The van der Waals surface area contributed by atoms with Gasteiger partial charge in [-0.2, -0.15) is 17.5 Å². The number of carbonyl (C=O) groups is 1. The number of nitrogens with one attached hydrogen (secondary N) is 1. The molecule has 0 bridgehead atoms. The highest BCUT2D eigenvalue weighted by atomic mass is 32.2. The molecule has 0 aliphatic carbocycles. The average Bonchev–Trinajstić information content (AvgIpc) is 2.63. The lowest BCUT2D eigenvalue weighted by molar-refractivity contribution is -0.137. The molecule has 0 unspecified atom stereocenters. The molecule has 1 N–H and O–H groups in total. The van der Waals surface area contributed by atoms with Gasteiger partial charge in [0.05, 0.1) is 10.5 Å². The number of sulfonamides is 1. The number of hydrogen-bond donors (Lipinski definition) is 1. The summed E-state index contributed by atoms with van der Waals surface area (Å²) in [5.74, 6) is -0.691. The van der Waals surface area contributed by atoms with Crippen molar-refractivity contribution in [3.63, 3.8) is 0 Å². The molecular formula is C18H20F3N3O4S. The molecule has 7 nitrogen and oxygen atoms in total. The Balaban J connectivity index is 2.19. The van der Waals surface area contributed by atoms with E-state index in [2.05, 4.69) is 5.32 Å². The van der Waals surface area contributed by atoms with E-state index >= 15 is 0 Å². The Morgan fingerprint density at radius 2 is 1.66 bits per heavy atom. The van der Waals surface area contributed by atoms with Crippen LogP contribution in [0.4, 0.5) is 18.9 Å². The van der Waals surface area contributed by atoms with E-state index in [9.17, 15) is 31.2 Å². The third-order valence-corrected chi connectivity index (χ3v) is 6.14. The van der Waals surface area contributed by atoms with E-state index in [1.165, 1.54) is 10.4 Å². The predicted octanol–water partition coefficient (Wildman–Crippen LogP) is 2.54. The second kappa shape index (κ2) is 8.78. The van der Waals surface area contributed by atoms with Gasteiger partial charge in [-0.05, 0) is 30.3 Å². The Morgan fingerprint density at radius 1 is 1.07 bits per heavy atom. The first kappa shape index (κ1) is 22.6. The third kappa shape index (κ3) is 5.45. The van der Waals surface area contributed by atoms with Crippen molar-refractivity contribution in [2.45, 2.75) is 31.5 Å². The van der Waals surface area contributed by atoms with Gasteiger partial charge in [0.2, 0.25) is 15.9 Å². The van der Waals surface area contributed by atoms with Crippen molar-refractivity contribution in [2.24, 2.45) is 0 Å². The number of halogens is 3. The van der Waals surface area contributed by atoms with Crippen molar-refractivity contribution >= 4 is 21.6 Å². The highest BCUT2D eigenvalue weighted by molar-refractivity contribution is 7.89. The minimum absolute atomic E-state index is 0.114. The summed E-state index contributed by atoms with van der Waals surface area (Å²) in [6, 6.07) is 6.02. The van der Waals surface area contributed by atoms with Gasteiger partial charge in [0.15, 0.2) is 0 Å². The summed E-state index contributed by atoms with van der Waals surface area (Å²) in [6.45, 7) is 3.34. The maximum atomic E-state index is 12.6. The van der Waals surface area contributed by atoms with Gasteiger partial charge in [-0.15, -0.1) is 0 Å². The van der Waals surface area contributed by atoms with Gasteiger partial charge in [0.1, 0.15) is 6.54 Å². The van der Waals surface area contributed by atoms with Crippen molar-refractivity contribution in [3.05, 3.63) is 58.5 Å². The summed E-state index contributed by atoms with van der Waals surface area (Å²) in [6.07, 6.45) is -3.42. The van der Waals surface area contributed by atoms with Gasteiger partial charge >= 0.3 is 6.18 Å². The van der Waals surface area contributed by atoms with Gasteiger partial charge in [-0.3, -0.25) is 9.59 Å². The van der Waals surface area contributed by atoms with Crippen LogP contribution >= 0.6 is 0 Å². The van der Waals surface area contributed by atoms with Crippen LogP contribution in [0.15, 0.2) is 52.3 Å². The average molecular weight is 431 g/mol. The van der Waals surface area contributed by atoms with E-state index in [0.717, 1.165) is 41.1 Å². The third-order valence-electron chi connectivity index (χ3n) is 4.11.